The second-order valence-electron chi connectivity index (χ2n) is 5.38. The first kappa shape index (κ1) is 13.7. The van der Waals surface area contributed by atoms with Gasteiger partial charge in [0.1, 0.15) is 5.82 Å². The third kappa shape index (κ3) is 2.66. The lowest BCUT2D eigenvalue weighted by Gasteiger charge is -2.17. The molecule has 0 aliphatic carbocycles. The monoisotopic (exact) mass is 289 g/mol. The Labute approximate surface area is 121 Å². The molecule has 1 aliphatic rings. The van der Waals surface area contributed by atoms with Crippen LogP contribution in [0.5, 0.6) is 0 Å². The minimum absolute atomic E-state index is 0.0776. The van der Waals surface area contributed by atoms with Crippen molar-refractivity contribution in [2.45, 2.75) is 26.2 Å². The summed E-state index contributed by atoms with van der Waals surface area (Å²) in [5.74, 6) is 0.856. The molecule has 3 rings (SSSR count). The van der Waals surface area contributed by atoms with E-state index in [2.05, 4.69) is 10.1 Å². The minimum Gasteiger partial charge on any atom is -0.339 e. The Bertz CT molecular complexity index is 683. The lowest BCUT2D eigenvalue weighted by Crippen LogP contribution is -2.29. The summed E-state index contributed by atoms with van der Waals surface area (Å²) in [4.78, 5) is 18.5. The molecule has 0 saturated carbocycles. The van der Waals surface area contributed by atoms with Crippen molar-refractivity contribution >= 4 is 5.91 Å². The molecule has 0 unspecified atom stereocenters. The van der Waals surface area contributed by atoms with Crippen LogP contribution in [0, 0.1) is 19.7 Å². The Morgan fingerprint density at radius 1 is 1.43 bits per heavy atom. The lowest BCUT2D eigenvalue weighted by atomic mass is 10.1. The highest BCUT2D eigenvalue weighted by Gasteiger charge is 2.31. The van der Waals surface area contributed by atoms with Gasteiger partial charge in [-0.15, -0.1) is 0 Å². The first-order valence-corrected chi connectivity index (χ1v) is 6.90. The molecule has 21 heavy (non-hydrogen) atoms. The quantitative estimate of drug-likeness (QED) is 0.852. The van der Waals surface area contributed by atoms with E-state index in [0.717, 1.165) is 6.42 Å². The molecule has 1 aliphatic heterocycles. The van der Waals surface area contributed by atoms with Crippen LogP contribution in [-0.2, 0) is 0 Å². The number of likely N-dealkylation sites (tertiary alicyclic amines) is 1. The molecule has 1 fully saturated rings. The summed E-state index contributed by atoms with van der Waals surface area (Å²) in [6, 6.07) is 4.23. The van der Waals surface area contributed by atoms with E-state index in [1.165, 1.54) is 18.2 Å². The molecule has 2 heterocycles. The van der Waals surface area contributed by atoms with Gasteiger partial charge in [0.05, 0.1) is 5.92 Å². The number of nitrogens with zero attached hydrogens (tertiary/aromatic N) is 3. The third-order valence-electron chi connectivity index (χ3n) is 3.79. The molecule has 5 nitrogen and oxygen atoms in total. The van der Waals surface area contributed by atoms with Gasteiger partial charge in [0.2, 0.25) is 5.89 Å². The maximum absolute atomic E-state index is 13.1. The molecule has 0 spiro atoms. The number of aryl methyl sites for hydroxylation is 2. The number of amides is 1. The second kappa shape index (κ2) is 5.27. The summed E-state index contributed by atoms with van der Waals surface area (Å²) in [6.45, 7) is 4.71. The van der Waals surface area contributed by atoms with Gasteiger partial charge in [-0.3, -0.25) is 4.79 Å². The number of carbonyl (C=O) groups excluding carboxylic acids is 1. The topological polar surface area (TPSA) is 59.2 Å². The number of hydrogen-bond acceptors (Lipinski definition) is 4. The van der Waals surface area contributed by atoms with Crippen LogP contribution in [0.15, 0.2) is 22.7 Å². The van der Waals surface area contributed by atoms with E-state index < -0.39 is 0 Å². The zero-order valence-corrected chi connectivity index (χ0v) is 12.0. The largest absolute Gasteiger partial charge is 0.339 e. The number of hydrogen-bond donors (Lipinski definition) is 0. The SMILES string of the molecule is Cc1noc([C@H]2CCN(C(=O)c3ccc(F)cc3C)C2)n1. The van der Waals surface area contributed by atoms with E-state index >= 15 is 0 Å². The maximum Gasteiger partial charge on any atom is 0.254 e. The number of benzene rings is 1. The van der Waals surface area contributed by atoms with Gasteiger partial charge in [0.25, 0.3) is 5.91 Å². The van der Waals surface area contributed by atoms with Gasteiger partial charge in [-0.25, -0.2) is 4.39 Å². The van der Waals surface area contributed by atoms with E-state index in [9.17, 15) is 9.18 Å². The summed E-state index contributed by atoms with van der Waals surface area (Å²) >= 11 is 0. The van der Waals surface area contributed by atoms with Crippen molar-refractivity contribution in [3.63, 3.8) is 0 Å². The zero-order valence-electron chi connectivity index (χ0n) is 12.0. The van der Waals surface area contributed by atoms with E-state index in [4.69, 9.17) is 4.52 Å². The standard InChI is InChI=1S/C15H16FN3O2/c1-9-7-12(16)3-4-13(9)15(20)19-6-5-11(8-19)14-17-10(2)18-21-14/h3-4,7,11H,5-6,8H2,1-2H3/t11-/m0/s1. The maximum atomic E-state index is 13.1. The number of rotatable bonds is 2. The second-order valence-corrected chi connectivity index (χ2v) is 5.38. The van der Waals surface area contributed by atoms with Crippen LogP contribution in [0.3, 0.4) is 0 Å². The molecule has 6 heteroatoms. The fourth-order valence-electron chi connectivity index (χ4n) is 2.66. The van der Waals surface area contributed by atoms with Crippen molar-refractivity contribution in [3.8, 4) is 0 Å². The molecule has 0 radical (unpaired) electrons. The summed E-state index contributed by atoms with van der Waals surface area (Å²) < 4.78 is 18.3. The molecule has 1 atom stereocenters. The molecule has 110 valence electrons. The van der Waals surface area contributed by atoms with Crippen LogP contribution in [0.1, 0.15) is 40.0 Å². The highest BCUT2D eigenvalue weighted by molar-refractivity contribution is 5.95. The number of halogens is 1. The Hall–Kier alpha value is -2.24. The van der Waals surface area contributed by atoms with E-state index in [1.807, 2.05) is 0 Å². The van der Waals surface area contributed by atoms with Crippen molar-refractivity contribution in [1.29, 1.82) is 0 Å². The van der Waals surface area contributed by atoms with Gasteiger partial charge in [-0.1, -0.05) is 5.16 Å². The highest BCUT2D eigenvalue weighted by atomic mass is 19.1. The predicted molar refractivity (Wildman–Crippen MR) is 73.4 cm³/mol. The van der Waals surface area contributed by atoms with Gasteiger partial charge in [0, 0.05) is 18.7 Å². The van der Waals surface area contributed by atoms with Crippen molar-refractivity contribution < 1.29 is 13.7 Å². The molecule has 0 N–H and O–H groups in total. The Morgan fingerprint density at radius 2 is 2.24 bits per heavy atom. The fraction of sp³-hybridized carbons (Fsp3) is 0.400. The van der Waals surface area contributed by atoms with Crippen molar-refractivity contribution in [2.75, 3.05) is 13.1 Å². The van der Waals surface area contributed by atoms with Crippen LogP contribution in [-0.4, -0.2) is 34.0 Å². The van der Waals surface area contributed by atoms with Crippen molar-refractivity contribution in [2.24, 2.45) is 0 Å². The average Bonchev–Trinajstić information content (AvgIpc) is 3.06. The minimum atomic E-state index is -0.329. The van der Waals surface area contributed by atoms with Crippen LogP contribution in [0.2, 0.25) is 0 Å². The highest BCUT2D eigenvalue weighted by Crippen LogP contribution is 2.27. The molecular weight excluding hydrogens is 273 g/mol. The van der Waals surface area contributed by atoms with Gasteiger partial charge >= 0.3 is 0 Å². The summed E-state index contributed by atoms with van der Waals surface area (Å²) in [5, 5.41) is 3.78. The normalized spacial score (nSPS) is 18.2. The third-order valence-corrected chi connectivity index (χ3v) is 3.79. The smallest absolute Gasteiger partial charge is 0.254 e. The number of carbonyl (C=O) groups is 1. The van der Waals surface area contributed by atoms with Gasteiger partial charge in [-0.05, 0) is 44.0 Å². The molecular formula is C15H16FN3O2. The van der Waals surface area contributed by atoms with Gasteiger partial charge in [-0.2, -0.15) is 4.98 Å². The summed E-state index contributed by atoms with van der Waals surface area (Å²) in [5.41, 5.74) is 1.19. The number of aromatic nitrogens is 2. The van der Waals surface area contributed by atoms with E-state index in [-0.39, 0.29) is 17.6 Å². The van der Waals surface area contributed by atoms with Crippen LogP contribution >= 0.6 is 0 Å². The predicted octanol–water partition coefficient (Wildman–Crippen LogP) is 2.46. The fourth-order valence-corrected chi connectivity index (χ4v) is 2.66. The summed E-state index contributed by atoms with van der Waals surface area (Å²) in [6.07, 6.45) is 0.799. The summed E-state index contributed by atoms with van der Waals surface area (Å²) in [7, 11) is 0. The molecule has 0 bridgehead atoms. The Balaban J connectivity index is 1.75. The van der Waals surface area contributed by atoms with Crippen LogP contribution in [0.25, 0.3) is 0 Å². The Kier molecular flexibility index (Phi) is 3.45. The molecule has 2 aromatic rings. The van der Waals surface area contributed by atoms with E-state index in [1.54, 1.807) is 18.7 Å². The zero-order chi connectivity index (χ0) is 15.0. The first-order chi connectivity index (χ1) is 10.0. The van der Waals surface area contributed by atoms with Gasteiger partial charge in [0.15, 0.2) is 5.82 Å². The molecule has 1 aromatic heterocycles. The average molecular weight is 289 g/mol. The van der Waals surface area contributed by atoms with E-state index in [0.29, 0.717) is 35.9 Å². The molecule has 1 saturated heterocycles. The molecule has 1 aromatic carbocycles. The Morgan fingerprint density at radius 3 is 2.90 bits per heavy atom. The lowest BCUT2D eigenvalue weighted by molar-refractivity contribution is 0.0789. The van der Waals surface area contributed by atoms with Crippen LogP contribution in [0.4, 0.5) is 4.39 Å². The van der Waals surface area contributed by atoms with Gasteiger partial charge < -0.3 is 9.42 Å². The first-order valence-electron chi connectivity index (χ1n) is 6.90. The molecule has 1 amide bonds. The van der Waals surface area contributed by atoms with Crippen LogP contribution < -0.4 is 0 Å². The van der Waals surface area contributed by atoms with Crippen molar-refractivity contribution in [3.05, 3.63) is 46.9 Å². The van der Waals surface area contributed by atoms with Crippen molar-refractivity contribution in [1.82, 2.24) is 15.0 Å².